The average molecular weight is 253 g/mol. The van der Waals surface area contributed by atoms with E-state index >= 15 is 0 Å². The summed E-state index contributed by atoms with van der Waals surface area (Å²) in [5.74, 6) is 0.681. The van der Waals surface area contributed by atoms with E-state index in [-0.39, 0.29) is 11.8 Å². The minimum absolute atomic E-state index is 0.171. The van der Waals surface area contributed by atoms with Gasteiger partial charge in [0.05, 0.1) is 7.11 Å². The van der Waals surface area contributed by atoms with E-state index in [2.05, 4.69) is 12.2 Å². The van der Waals surface area contributed by atoms with Crippen molar-refractivity contribution in [2.75, 3.05) is 26.9 Å². The monoisotopic (exact) mass is 253 g/mol. The van der Waals surface area contributed by atoms with Crippen molar-refractivity contribution >= 4 is 0 Å². The quantitative estimate of drug-likeness (QED) is 0.699. The molecule has 18 heavy (non-hydrogen) atoms. The third kappa shape index (κ3) is 4.55. The molecule has 0 amide bonds. The Bertz CT molecular complexity index is 355. The third-order valence-corrected chi connectivity index (χ3v) is 2.82. The lowest BCUT2D eigenvalue weighted by Gasteiger charge is -2.15. The van der Waals surface area contributed by atoms with E-state index in [0.29, 0.717) is 5.75 Å². The van der Waals surface area contributed by atoms with Crippen LogP contribution in [-0.2, 0) is 4.74 Å². The molecule has 4 heteroatoms. The number of aromatic hydroxyl groups is 1. The topological polar surface area (TPSA) is 50.7 Å². The Balaban J connectivity index is 2.43. The summed E-state index contributed by atoms with van der Waals surface area (Å²) in [6, 6.07) is 5.64. The largest absolute Gasteiger partial charge is 0.504 e. The van der Waals surface area contributed by atoms with Gasteiger partial charge in [-0.1, -0.05) is 6.07 Å². The number of phenols is 1. The summed E-state index contributed by atoms with van der Waals surface area (Å²) in [5, 5.41) is 12.9. The molecule has 1 unspecified atom stereocenters. The van der Waals surface area contributed by atoms with Crippen molar-refractivity contribution in [2.45, 2.75) is 26.3 Å². The van der Waals surface area contributed by atoms with Crippen LogP contribution in [0, 0.1) is 0 Å². The van der Waals surface area contributed by atoms with Crippen molar-refractivity contribution in [2.24, 2.45) is 0 Å². The Labute approximate surface area is 109 Å². The molecule has 0 aliphatic rings. The molecule has 1 aromatic rings. The predicted molar refractivity (Wildman–Crippen MR) is 72.2 cm³/mol. The number of benzene rings is 1. The van der Waals surface area contributed by atoms with Crippen molar-refractivity contribution in [3.05, 3.63) is 23.8 Å². The second kappa shape index (κ2) is 7.95. The van der Waals surface area contributed by atoms with Gasteiger partial charge < -0.3 is 19.9 Å². The van der Waals surface area contributed by atoms with Gasteiger partial charge in [-0.05, 0) is 44.5 Å². The molecule has 0 fully saturated rings. The normalized spacial score (nSPS) is 12.4. The molecule has 102 valence electrons. The zero-order chi connectivity index (χ0) is 13.4. The Kier molecular flexibility index (Phi) is 6.54. The van der Waals surface area contributed by atoms with Crippen molar-refractivity contribution in [3.8, 4) is 11.5 Å². The Morgan fingerprint density at radius 3 is 2.83 bits per heavy atom. The summed E-state index contributed by atoms with van der Waals surface area (Å²) < 4.78 is 10.4. The number of nitrogens with one attached hydrogen (secondary N) is 1. The first kappa shape index (κ1) is 14.8. The van der Waals surface area contributed by atoms with E-state index in [1.54, 1.807) is 13.2 Å². The number of ether oxygens (including phenoxy) is 2. The minimum Gasteiger partial charge on any atom is -0.504 e. The number of rotatable bonds is 8. The highest BCUT2D eigenvalue weighted by Crippen LogP contribution is 2.28. The molecular weight excluding hydrogens is 230 g/mol. The van der Waals surface area contributed by atoms with E-state index < -0.39 is 0 Å². The van der Waals surface area contributed by atoms with Gasteiger partial charge in [-0.3, -0.25) is 0 Å². The van der Waals surface area contributed by atoms with Gasteiger partial charge in [-0.2, -0.15) is 0 Å². The first-order chi connectivity index (χ1) is 8.69. The Morgan fingerprint density at radius 1 is 1.39 bits per heavy atom. The number of phenolic OH excluding ortho intramolecular Hbond substituents is 1. The third-order valence-electron chi connectivity index (χ3n) is 2.82. The molecule has 1 rings (SSSR count). The molecule has 0 saturated carbocycles. The van der Waals surface area contributed by atoms with Crippen LogP contribution in [0.15, 0.2) is 18.2 Å². The maximum Gasteiger partial charge on any atom is 0.160 e. The maximum atomic E-state index is 9.53. The van der Waals surface area contributed by atoms with E-state index in [1.165, 1.54) is 0 Å². The van der Waals surface area contributed by atoms with E-state index in [1.807, 2.05) is 19.1 Å². The maximum absolute atomic E-state index is 9.53. The Morgan fingerprint density at radius 2 is 2.17 bits per heavy atom. The summed E-state index contributed by atoms with van der Waals surface area (Å²) in [7, 11) is 1.55. The van der Waals surface area contributed by atoms with Gasteiger partial charge in [-0.15, -0.1) is 0 Å². The van der Waals surface area contributed by atoms with Crippen molar-refractivity contribution < 1.29 is 14.6 Å². The van der Waals surface area contributed by atoms with E-state index in [4.69, 9.17) is 9.47 Å². The molecule has 0 radical (unpaired) electrons. The van der Waals surface area contributed by atoms with Crippen LogP contribution < -0.4 is 10.1 Å². The summed E-state index contributed by atoms with van der Waals surface area (Å²) in [6.07, 6.45) is 0.993. The van der Waals surface area contributed by atoms with Gasteiger partial charge >= 0.3 is 0 Å². The molecule has 0 spiro atoms. The van der Waals surface area contributed by atoms with Crippen LogP contribution >= 0.6 is 0 Å². The molecule has 0 bridgehead atoms. The molecule has 0 aliphatic carbocycles. The van der Waals surface area contributed by atoms with E-state index in [0.717, 1.165) is 31.7 Å². The molecule has 0 aromatic heterocycles. The average Bonchev–Trinajstić information content (AvgIpc) is 2.38. The highest BCUT2D eigenvalue weighted by atomic mass is 16.5. The molecule has 1 atom stereocenters. The van der Waals surface area contributed by atoms with Crippen molar-refractivity contribution in [1.29, 1.82) is 0 Å². The zero-order valence-electron chi connectivity index (χ0n) is 11.4. The molecule has 0 saturated heterocycles. The SMILES string of the molecule is CCOCCCNC(C)c1ccc(O)c(OC)c1. The lowest BCUT2D eigenvalue weighted by Crippen LogP contribution is -2.21. The lowest BCUT2D eigenvalue weighted by molar-refractivity contribution is 0.144. The molecule has 0 heterocycles. The smallest absolute Gasteiger partial charge is 0.160 e. The van der Waals surface area contributed by atoms with Gasteiger partial charge in [0.25, 0.3) is 0 Å². The second-order valence-corrected chi connectivity index (χ2v) is 4.16. The molecule has 1 aromatic carbocycles. The van der Waals surface area contributed by atoms with Gasteiger partial charge in [0.1, 0.15) is 0 Å². The predicted octanol–water partition coefficient (Wildman–Crippen LogP) is 2.48. The lowest BCUT2D eigenvalue weighted by atomic mass is 10.1. The highest BCUT2D eigenvalue weighted by molar-refractivity contribution is 5.42. The highest BCUT2D eigenvalue weighted by Gasteiger charge is 2.08. The Hall–Kier alpha value is -1.26. The molecular formula is C14H23NO3. The summed E-state index contributed by atoms with van der Waals surface area (Å²) >= 11 is 0. The van der Waals surface area contributed by atoms with Gasteiger partial charge in [0.2, 0.25) is 0 Å². The molecule has 4 nitrogen and oxygen atoms in total. The summed E-state index contributed by atoms with van der Waals surface area (Å²) in [6.45, 7) is 6.55. The van der Waals surface area contributed by atoms with Crippen LogP contribution in [0.2, 0.25) is 0 Å². The first-order valence-electron chi connectivity index (χ1n) is 6.37. The fraction of sp³-hybridized carbons (Fsp3) is 0.571. The minimum atomic E-state index is 0.171. The second-order valence-electron chi connectivity index (χ2n) is 4.16. The molecule has 0 aliphatic heterocycles. The zero-order valence-corrected chi connectivity index (χ0v) is 11.4. The van der Waals surface area contributed by atoms with E-state index in [9.17, 15) is 5.11 Å². The van der Waals surface area contributed by atoms with Crippen LogP contribution in [0.3, 0.4) is 0 Å². The van der Waals surface area contributed by atoms with Gasteiger partial charge in [0.15, 0.2) is 11.5 Å². The van der Waals surface area contributed by atoms with Gasteiger partial charge in [0, 0.05) is 19.3 Å². The number of methoxy groups -OCH3 is 1. The van der Waals surface area contributed by atoms with Crippen molar-refractivity contribution in [1.82, 2.24) is 5.32 Å². The fourth-order valence-corrected chi connectivity index (χ4v) is 1.72. The van der Waals surface area contributed by atoms with Crippen LogP contribution in [-0.4, -0.2) is 32.0 Å². The first-order valence-corrected chi connectivity index (χ1v) is 6.37. The van der Waals surface area contributed by atoms with Gasteiger partial charge in [-0.25, -0.2) is 0 Å². The summed E-state index contributed by atoms with van der Waals surface area (Å²) in [5.41, 5.74) is 1.10. The van der Waals surface area contributed by atoms with Crippen LogP contribution in [0.25, 0.3) is 0 Å². The number of hydrogen-bond acceptors (Lipinski definition) is 4. The fourth-order valence-electron chi connectivity index (χ4n) is 1.72. The molecule has 2 N–H and O–H groups in total. The van der Waals surface area contributed by atoms with Crippen molar-refractivity contribution in [3.63, 3.8) is 0 Å². The number of hydrogen-bond donors (Lipinski definition) is 2. The summed E-state index contributed by atoms with van der Waals surface area (Å²) in [4.78, 5) is 0. The van der Waals surface area contributed by atoms with Crippen LogP contribution in [0.5, 0.6) is 11.5 Å². The van der Waals surface area contributed by atoms with Crippen LogP contribution in [0.1, 0.15) is 31.9 Å². The van der Waals surface area contributed by atoms with Crippen LogP contribution in [0.4, 0.5) is 0 Å². The standard InChI is InChI=1S/C14H23NO3/c1-4-18-9-5-8-15-11(2)12-6-7-13(16)14(10-12)17-3/h6-7,10-11,15-16H,4-5,8-9H2,1-3H3.